The van der Waals surface area contributed by atoms with E-state index in [1.54, 1.807) is 0 Å². The lowest BCUT2D eigenvalue weighted by atomic mass is 9.79. The Labute approximate surface area is 231 Å². The summed E-state index contributed by atoms with van der Waals surface area (Å²) in [6.45, 7) is 5.43. The predicted octanol–water partition coefficient (Wildman–Crippen LogP) is 6.04. The number of aliphatic hydroxyl groups is 1. The molecule has 3 rings (SSSR count). The highest BCUT2D eigenvalue weighted by Crippen LogP contribution is 2.38. The molecule has 2 aromatic heterocycles. The number of benzene rings is 1. The Bertz CT molecular complexity index is 841. The number of aromatic nitrogens is 2. The zero-order chi connectivity index (χ0) is 20.5. The maximum Gasteiger partial charge on any atom is 0.171 e. The highest BCUT2D eigenvalue weighted by atomic mass is 35.5. The molecule has 0 saturated heterocycles. The molecule has 0 aliphatic rings. The van der Waals surface area contributed by atoms with Crippen molar-refractivity contribution in [1.29, 1.82) is 0 Å². The Morgan fingerprint density at radius 3 is 1.75 bits per heavy atom. The number of hydrogen-bond acceptors (Lipinski definition) is 2. The van der Waals surface area contributed by atoms with Gasteiger partial charge in [0.15, 0.2) is 18.9 Å². The first-order chi connectivity index (χ1) is 14.2. The molecule has 0 bridgehead atoms. The first-order valence-corrected chi connectivity index (χ1v) is 10.8. The van der Waals surface area contributed by atoms with Crippen molar-refractivity contribution in [3.63, 3.8) is 0 Å². The fourth-order valence-electron chi connectivity index (χ4n) is 4.24. The van der Waals surface area contributed by atoms with Gasteiger partial charge in [0.25, 0.3) is 0 Å². The Balaban J connectivity index is -0.000000458. The van der Waals surface area contributed by atoms with Crippen LogP contribution in [0.25, 0.3) is 0 Å². The van der Waals surface area contributed by atoms with Gasteiger partial charge in [0.1, 0.15) is 6.61 Å². The van der Waals surface area contributed by atoms with Crippen LogP contribution in [0.4, 0.5) is 0 Å². The molecule has 36 heavy (non-hydrogen) atoms. The predicted molar refractivity (Wildman–Crippen MR) is 158 cm³/mol. The zero-order valence-electron chi connectivity index (χ0n) is 18.0. The summed E-state index contributed by atoms with van der Waals surface area (Å²) in [5.74, 6) is 1.51. The van der Waals surface area contributed by atoms with Gasteiger partial charge >= 0.3 is 0 Å². The summed E-state index contributed by atoms with van der Waals surface area (Å²) in [5, 5.41) is 9.12. The number of rotatable bonds is 10. The van der Waals surface area contributed by atoms with Crippen LogP contribution >= 0.6 is 0 Å². The molecule has 3 aromatic rings. The summed E-state index contributed by atoms with van der Waals surface area (Å²) >= 11 is 0. The van der Waals surface area contributed by atoms with Gasteiger partial charge in [-0.05, 0) is 65.8 Å². The van der Waals surface area contributed by atoms with Crippen LogP contribution in [-0.2, 0) is 6.54 Å². The van der Waals surface area contributed by atoms with E-state index in [0.717, 1.165) is 19.3 Å². The summed E-state index contributed by atoms with van der Waals surface area (Å²) in [7, 11) is 0. The fourth-order valence-corrected chi connectivity index (χ4v) is 4.24. The molecule has 0 radical (unpaired) electrons. The van der Waals surface area contributed by atoms with Gasteiger partial charge in [-0.15, -0.1) is 0 Å². The van der Waals surface area contributed by atoms with Crippen molar-refractivity contribution < 1.29 is 22.1 Å². The minimum absolute atomic E-state index is 0. The third-order valence-corrected chi connectivity index (χ3v) is 5.99. The minimum atomic E-state index is 0. The first-order valence-electron chi connectivity index (χ1n) is 10.8. The molecule has 1 N–H and O–H groups in total. The van der Waals surface area contributed by atoms with Gasteiger partial charge in [-0.25, -0.2) is 4.57 Å². The molecular formula is C32H57ClN2O. The van der Waals surface area contributed by atoms with Gasteiger partial charge in [-0.1, -0.05) is 88.7 Å². The van der Waals surface area contributed by atoms with Crippen LogP contribution in [0.3, 0.4) is 0 Å². The average molecular weight is 521 g/mol. The molecule has 1 aromatic carbocycles. The maximum atomic E-state index is 9.12. The molecule has 2 heterocycles. The van der Waals surface area contributed by atoms with Crippen LogP contribution in [-0.4, -0.2) is 16.7 Å². The van der Waals surface area contributed by atoms with Gasteiger partial charge in [-0.2, -0.15) is 0 Å². The average Bonchev–Trinajstić information content (AvgIpc) is 2.78. The van der Waals surface area contributed by atoms with Crippen molar-refractivity contribution in [3.05, 3.63) is 96.1 Å². The van der Waals surface area contributed by atoms with Crippen molar-refractivity contribution in [2.45, 2.75) is 102 Å². The summed E-state index contributed by atoms with van der Waals surface area (Å²) in [6.07, 6.45) is 11.4. The molecule has 4 heteroatoms. The van der Waals surface area contributed by atoms with Crippen LogP contribution in [0.15, 0.2) is 79.4 Å². The van der Waals surface area contributed by atoms with Crippen molar-refractivity contribution in [2.24, 2.45) is 0 Å². The Hall–Kier alpha value is -2.23. The largest absolute Gasteiger partial charge is 1.00 e. The Morgan fingerprint density at radius 2 is 1.25 bits per heavy atom. The van der Waals surface area contributed by atoms with Gasteiger partial charge in [0.05, 0.1) is 0 Å². The molecule has 3 nitrogen and oxygen atoms in total. The van der Waals surface area contributed by atoms with Crippen molar-refractivity contribution in [1.82, 2.24) is 4.98 Å². The van der Waals surface area contributed by atoms with Crippen LogP contribution in [0.2, 0.25) is 0 Å². The lowest BCUT2D eigenvalue weighted by Crippen LogP contribution is -3.00. The zero-order valence-corrected chi connectivity index (χ0v) is 18.7. The van der Waals surface area contributed by atoms with E-state index >= 15 is 0 Å². The van der Waals surface area contributed by atoms with Crippen LogP contribution in [0, 0.1) is 0 Å². The van der Waals surface area contributed by atoms with Crippen LogP contribution in [0.5, 0.6) is 0 Å². The van der Waals surface area contributed by atoms with E-state index in [2.05, 4.69) is 85.8 Å². The summed E-state index contributed by atoms with van der Waals surface area (Å²) < 4.78 is 2.03. The highest BCUT2D eigenvalue weighted by molar-refractivity contribution is 5.24. The standard InChI is InChI=1S/C26H33N2O.6CH4.ClH/c1-3-22(24-7-5-4-6-8-24)20-26(25-9-13-27-14-10-25)19-21(2)23-11-15-28(16-12-23)17-18-29;;;;;;;/h4-16,21-22,26,29H,3,17-20H2,1-2H3;6*1H4;1H/q+1;;;;;;;/p-1. The molecule has 3 atom stereocenters. The number of halogens is 1. The topological polar surface area (TPSA) is 37.0 Å². The monoisotopic (exact) mass is 520 g/mol. The third kappa shape index (κ3) is 12.6. The highest BCUT2D eigenvalue weighted by Gasteiger charge is 2.22. The van der Waals surface area contributed by atoms with Crippen molar-refractivity contribution >= 4 is 0 Å². The molecular weight excluding hydrogens is 464 g/mol. The molecule has 3 unspecified atom stereocenters. The quantitative estimate of drug-likeness (QED) is 0.331. The normalized spacial score (nSPS) is 11.5. The molecule has 208 valence electrons. The molecule has 0 spiro atoms. The molecule has 0 saturated carbocycles. The van der Waals surface area contributed by atoms with E-state index in [9.17, 15) is 0 Å². The maximum absolute atomic E-state index is 9.12. The third-order valence-electron chi connectivity index (χ3n) is 5.99. The summed E-state index contributed by atoms with van der Waals surface area (Å²) in [5.41, 5.74) is 4.17. The molecule has 0 aliphatic carbocycles. The molecule has 0 aliphatic heterocycles. The molecule has 0 fully saturated rings. The van der Waals surface area contributed by atoms with Gasteiger partial charge < -0.3 is 17.5 Å². The second kappa shape index (κ2) is 23.2. The van der Waals surface area contributed by atoms with E-state index in [-0.39, 0.29) is 63.6 Å². The number of pyridine rings is 2. The van der Waals surface area contributed by atoms with Gasteiger partial charge in [-0.3, -0.25) is 4.98 Å². The number of nitrogens with zero attached hydrogens (tertiary/aromatic N) is 2. The lowest BCUT2D eigenvalue weighted by molar-refractivity contribution is -0.698. The van der Waals surface area contributed by atoms with Crippen LogP contribution in [0.1, 0.15) is 112 Å². The Morgan fingerprint density at radius 1 is 0.722 bits per heavy atom. The number of hydrogen-bond donors (Lipinski definition) is 1. The van der Waals surface area contributed by atoms with E-state index in [1.807, 2.05) is 17.0 Å². The first kappa shape index (κ1) is 43.8. The van der Waals surface area contributed by atoms with Crippen molar-refractivity contribution in [3.8, 4) is 0 Å². The summed E-state index contributed by atoms with van der Waals surface area (Å²) in [6, 6.07) is 19.6. The van der Waals surface area contributed by atoms with E-state index < -0.39 is 0 Å². The van der Waals surface area contributed by atoms with E-state index in [1.165, 1.54) is 16.7 Å². The second-order valence-corrected chi connectivity index (χ2v) is 7.96. The van der Waals surface area contributed by atoms with E-state index in [0.29, 0.717) is 24.3 Å². The Kier molecular flexibility index (Phi) is 28.2. The van der Waals surface area contributed by atoms with Crippen molar-refractivity contribution in [2.75, 3.05) is 6.61 Å². The number of aliphatic hydroxyl groups excluding tert-OH is 1. The van der Waals surface area contributed by atoms with Crippen LogP contribution < -0.4 is 17.0 Å². The second-order valence-electron chi connectivity index (χ2n) is 7.96. The van der Waals surface area contributed by atoms with Gasteiger partial charge in [0.2, 0.25) is 0 Å². The summed E-state index contributed by atoms with van der Waals surface area (Å²) in [4.78, 5) is 4.23. The minimum Gasteiger partial charge on any atom is -1.00 e. The van der Waals surface area contributed by atoms with E-state index in [4.69, 9.17) is 5.11 Å². The lowest BCUT2D eigenvalue weighted by Gasteiger charge is -2.26. The smallest absolute Gasteiger partial charge is 0.171 e. The fraction of sp³-hybridized carbons (Fsp3) is 0.500. The SMILES string of the molecule is C.C.C.C.C.C.CCC(CC(CC(C)c1cc[n+](CCO)cc1)c1ccncc1)c1ccccc1.[Cl-]. The molecule has 0 amide bonds. The van der Waals surface area contributed by atoms with Gasteiger partial charge in [0, 0.05) is 24.5 Å².